The number of hydrogen-bond donors (Lipinski definition) is 14. The molecule has 4 saturated heterocycles. The highest BCUT2D eigenvalue weighted by molar-refractivity contribution is 5.81. The lowest BCUT2D eigenvalue weighted by atomic mass is 9.33. The first-order valence-electron chi connectivity index (χ1n) is 28.0. The average molecular weight is 1140 g/mol. The molecule has 0 bridgehead atoms. The molecule has 0 aromatic carbocycles. The van der Waals surface area contributed by atoms with Crippen molar-refractivity contribution >= 4 is 11.9 Å². The number of aliphatic hydroxyl groups excluding tert-OH is 14. The Morgan fingerprint density at radius 1 is 0.582 bits per heavy atom. The number of aliphatic hydroxyl groups is 14. The summed E-state index contributed by atoms with van der Waals surface area (Å²) in [6.45, 7) is 7.31. The molecule has 9 aliphatic rings. The summed E-state index contributed by atoms with van der Waals surface area (Å²) in [6.07, 6.45) is -26.5. The Hall–Kier alpha value is -2.16. The van der Waals surface area contributed by atoms with Crippen LogP contribution in [-0.4, -0.2) is 246 Å². The van der Waals surface area contributed by atoms with Crippen LogP contribution in [0.3, 0.4) is 0 Å². The molecule has 0 aromatic heterocycles. The fourth-order valence-electron chi connectivity index (χ4n) is 16.5. The van der Waals surface area contributed by atoms with E-state index in [9.17, 15) is 81.1 Å². The molecule has 29 atom stereocenters. The van der Waals surface area contributed by atoms with Crippen molar-refractivity contribution in [3.05, 3.63) is 11.6 Å². The molecule has 452 valence electrons. The van der Waals surface area contributed by atoms with Crippen LogP contribution in [0.15, 0.2) is 11.6 Å². The lowest BCUT2D eigenvalue weighted by molar-refractivity contribution is -0.395. The van der Waals surface area contributed by atoms with Gasteiger partial charge >= 0.3 is 11.9 Å². The summed E-state index contributed by atoms with van der Waals surface area (Å²) in [4.78, 5) is 28.5. The Morgan fingerprint density at radius 3 is 1.77 bits per heavy atom. The fourth-order valence-corrected chi connectivity index (χ4v) is 16.5. The maximum absolute atomic E-state index is 14.9. The molecule has 0 aromatic rings. The second-order valence-corrected chi connectivity index (χ2v) is 25.6. The van der Waals surface area contributed by atoms with Crippen molar-refractivity contribution in [1.82, 2.24) is 0 Å². The Bertz CT molecular complexity index is 2200. The lowest BCUT2D eigenvalue weighted by Gasteiger charge is -2.71. The van der Waals surface area contributed by atoms with Gasteiger partial charge in [-0.05, 0) is 105 Å². The molecule has 25 nitrogen and oxygen atoms in total. The van der Waals surface area contributed by atoms with Crippen LogP contribution in [0.25, 0.3) is 0 Å². The van der Waals surface area contributed by atoms with Gasteiger partial charge in [-0.1, -0.05) is 39.3 Å². The first kappa shape index (κ1) is 61.4. The molecule has 0 spiro atoms. The zero-order valence-corrected chi connectivity index (χ0v) is 45.7. The summed E-state index contributed by atoms with van der Waals surface area (Å²) < 4.78 is 53.8. The van der Waals surface area contributed by atoms with E-state index in [2.05, 4.69) is 26.8 Å². The molecule has 0 radical (unpaired) electrons. The van der Waals surface area contributed by atoms with Crippen molar-refractivity contribution < 1.29 is 124 Å². The molecule has 0 amide bonds. The van der Waals surface area contributed by atoms with Crippen LogP contribution in [-0.2, 0) is 52.2 Å². The van der Waals surface area contributed by atoms with Gasteiger partial charge in [0.1, 0.15) is 91.6 Å². The van der Waals surface area contributed by atoms with Crippen LogP contribution in [0.5, 0.6) is 0 Å². The average Bonchev–Trinajstić information content (AvgIpc) is 2.72. The van der Waals surface area contributed by atoms with E-state index in [4.69, 9.17) is 42.6 Å². The van der Waals surface area contributed by atoms with Gasteiger partial charge in [-0.15, -0.1) is 0 Å². The van der Waals surface area contributed by atoms with Crippen LogP contribution < -0.4 is 0 Å². The van der Waals surface area contributed by atoms with Gasteiger partial charge in [0.15, 0.2) is 18.9 Å². The number of carbonyl (C=O) groups is 2. The predicted molar refractivity (Wildman–Crippen MR) is 265 cm³/mol. The summed E-state index contributed by atoms with van der Waals surface area (Å²) in [5, 5.41) is 150. The number of allylic oxidation sites excluding steroid dienone is 2. The highest BCUT2D eigenvalue weighted by Crippen LogP contribution is 2.76. The summed E-state index contributed by atoms with van der Waals surface area (Å²) in [5.74, 6) is -1.87. The topological polar surface area (TPSA) is 400 Å². The van der Waals surface area contributed by atoms with Gasteiger partial charge in [-0.2, -0.15) is 0 Å². The third-order valence-electron chi connectivity index (χ3n) is 21.6. The molecule has 1 unspecified atom stereocenters. The van der Waals surface area contributed by atoms with Crippen LogP contribution in [0, 0.1) is 50.2 Å². The summed E-state index contributed by atoms with van der Waals surface area (Å²) in [7, 11) is 1.33. The molecule has 4 saturated carbocycles. The fraction of sp³-hybridized carbons (Fsp3) is 0.926. The van der Waals surface area contributed by atoms with Crippen LogP contribution in [0.2, 0.25) is 0 Å². The van der Waals surface area contributed by atoms with Crippen molar-refractivity contribution in [2.45, 2.75) is 222 Å². The molecule has 14 N–H and O–H groups in total. The maximum Gasteiger partial charge on any atom is 0.315 e. The number of carbonyl (C=O) groups excluding carboxylic acids is 2. The summed E-state index contributed by atoms with van der Waals surface area (Å²) >= 11 is 0. The van der Waals surface area contributed by atoms with E-state index >= 15 is 0 Å². The van der Waals surface area contributed by atoms with Gasteiger partial charge in [-0.3, -0.25) is 9.59 Å². The van der Waals surface area contributed by atoms with Gasteiger partial charge in [0.2, 0.25) is 6.29 Å². The minimum atomic E-state index is -1.95. The van der Waals surface area contributed by atoms with Gasteiger partial charge in [0, 0.05) is 5.41 Å². The smallest absolute Gasteiger partial charge is 0.315 e. The molecular weight excluding hydrogens is 1050 g/mol. The van der Waals surface area contributed by atoms with Crippen molar-refractivity contribution in [3.63, 3.8) is 0 Å². The molecule has 9 rings (SSSR count). The van der Waals surface area contributed by atoms with Gasteiger partial charge in [-0.25, -0.2) is 0 Å². The van der Waals surface area contributed by atoms with E-state index in [0.29, 0.717) is 51.4 Å². The lowest BCUT2D eigenvalue weighted by Crippen LogP contribution is -2.68. The third kappa shape index (κ3) is 9.85. The van der Waals surface area contributed by atoms with E-state index < -0.39 is 200 Å². The SMILES string of the molecule is COC(=O)[C@]1(C)CC[C@]2(C(=O)O[C@@H]3O[C@H](CO)[C@@H](O)[C@H](O)[C@H]3O)CC[C@]3(C)C(=CC[C@@H]4[C@@]5(C)CC[C@H](O[C@@H]6O[C@H](CO)[C@@H](O)[C@H](O[C@@H]7O[C@H](CO)[C@@H](O)[C@H](O)[C@H]7O)[C@H]6O[C@@H]6OC[C@@H](O)[C@H](O)[C@H]6O)[C@@](C)(CO)C5CC[C@]43C)[C@H]2C1. The maximum atomic E-state index is 14.9. The second-order valence-electron chi connectivity index (χ2n) is 25.6. The molecule has 5 aliphatic carbocycles. The van der Waals surface area contributed by atoms with Gasteiger partial charge in [0.05, 0.1) is 57.1 Å². The van der Waals surface area contributed by atoms with E-state index in [1.807, 2.05) is 13.8 Å². The molecular formula is C54H86O25. The highest BCUT2D eigenvalue weighted by Gasteiger charge is 2.71. The van der Waals surface area contributed by atoms with E-state index in [1.54, 1.807) is 0 Å². The van der Waals surface area contributed by atoms with Crippen molar-refractivity contribution in [2.24, 2.45) is 50.2 Å². The zero-order valence-electron chi connectivity index (χ0n) is 45.7. The van der Waals surface area contributed by atoms with E-state index in [0.717, 1.165) is 5.57 Å². The first-order valence-corrected chi connectivity index (χ1v) is 28.0. The van der Waals surface area contributed by atoms with Crippen LogP contribution in [0.4, 0.5) is 0 Å². The number of rotatable bonds is 13. The minimum absolute atomic E-state index is 0.0116. The Balaban J connectivity index is 1.02. The number of hydrogen-bond acceptors (Lipinski definition) is 25. The van der Waals surface area contributed by atoms with E-state index in [-0.39, 0.29) is 31.3 Å². The predicted octanol–water partition coefficient (Wildman–Crippen LogP) is -3.27. The van der Waals surface area contributed by atoms with Crippen molar-refractivity contribution in [1.29, 1.82) is 0 Å². The molecule has 79 heavy (non-hydrogen) atoms. The monoisotopic (exact) mass is 1130 g/mol. The van der Waals surface area contributed by atoms with Crippen LogP contribution in [0.1, 0.15) is 98.8 Å². The Kier molecular flexibility index (Phi) is 17.6. The summed E-state index contributed by atoms with van der Waals surface area (Å²) in [5.41, 5.74) is -3.64. The standard InChI is InChI=1S/C54H86O25/c1-49(47(69)71-6)13-15-54(48(70)79-45-40(68)37(65)34(62)27(19-56)74-45)16-14-52(4)23(24(54)17-49)7-8-30-50(2)11-10-31(51(3,22-58)29(50)9-12-53(30,52)5)76-46-42(78-43-38(66)32(60)25(59)21-72-43)41(35(63)28(20-57)75-46)77-44-39(67)36(64)33(61)26(18-55)73-44/h7,24-46,55-68H,8-22H2,1-6H3/t24-,25-,26-,27-,28-,29?,30-,31+,32+,33-,34-,35-,36+,37+,38-,39-,40-,41+,42-,43+,44+,45+,46+,49-,50+,51+,52-,53-,54+/m1/s1. The highest BCUT2D eigenvalue weighted by atomic mass is 16.8. The Labute approximate surface area is 458 Å². The van der Waals surface area contributed by atoms with Crippen LogP contribution >= 0.6 is 0 Å². The Morgan fingerprint density at radius 2 is 1.15 bits per heavy atom. The molecule has 4 aliphatic heterocycles. The van der Waals surface area contributed by atoms with Crippen molar-refractivity contribution in [3.8, 4) is 0 Å². The van der Waals surface area contributed by atoms with Crippen molar-refractivity contribution in [2.75, 3.05) is 40.1 Å². The van der Waals surface area contributed by atoms with E-state index in [1.165, 1.54) is 7.11 Å². The first-order chi connectivity index (χ1) is 37.2. The number of esters is 2. The normalized spacial score (nSPS) is 53.8. The van der Waals surface area contributed by atoms with Gasteiger partial charge in [0.25, 0.3) is 0 Å². The zero-order chi connectivity index (χ0) is 57.7. The van der Waals surface area contributed by atoms with Gasteiger partial charge < -0.3 is 114 Å². The number of methoxy groups -OCH3 is 1. The number of fused-ring (bicyclic) bond motifs is 7. The molecule has 4 heterocycles. The molecule has 25 heteroatoms. The number of ether oxygens (including phenoxy) is 9. The second kappa shape index (κ2) is 22.7. The third-order valence-corrected chi connectivity index (χ3v) is 21.6. The summed E-state index contributed by atoms with van der Waals surface area (Å²) in [6, 6.07) is 0. The quantitative estimate of drug-likeness (QED) is 0.0489. The molecule has 8 fully saturated rings. The largest absolute Gasteiger partial charge is 0.469 e. The minimum Gasteiger partial charge on any atom is -0.469 e.